The van der Waals surface area contributed by atoms with Crippen LogP contribution in [0.5, 0.6) is 0 Å². The number of anilines is 1. The Morgan fingerprint density at radius 3 is 2.33 bits per heavy atom. The first-order valence-corrected chi connectivity index (χ1v) is 9.65. The summed E-state index contributed by atoms with van der Waals surface area (Å²) in [5.41, 5.74) is 1.11. The highest BCUT2D eigenvalue weighted by Crippen LogP contribution is 2.35. The van der Waals surface area contributed by atoms with E-state index >= 15 is 0 Å². The van der Waals surface area contributed by atoms with Crippen molar-refractivity contribution < 1.29 is 23.9 Å². The molecule has 2 heterocycles. The molecule has 1 aromatic heterocycles. The largest absolute Gasteiger partial charge is 0.465 e. The predicted octanol–water partition coefficient (Wildman–Crippen LogP) is 2.43. The molecule has 8 heteroatoms. The van der Waals surface area contributed by atoms with E-state index in [0.29, 0.717) is 23.4 Å². The molecule has 1 aromatic rings. The number of amides is 3. The molecule has 1 saturated heterocycles. The molecule has 1 N–H and O–H groups in total. The third-order valence-electron chi connectivity index (χ3n) is 5.19. The van der Waals surface area contributed by atoms with Gasteiger partial charge in [0.2, 0.25) is 17.7 Å². The Bertz CT molecular complexity index is 815. The molecule has 0 spiro atoms. The van der Waals surface area contributed by atoms with Gasteiger partial charge < -0.3 is 10.1 Å². The summed E-state index contributed by atoms with van der Waals surface area (Å²) >= 11 is 1.30. The topological polar surface area (TPSA) is 92.8 Å². The maximum Gasteiger partial charge on any atom is 0.341 e. The Labute approximate surface area is 161 Å². The maximum atomic E-state index is 12.4. The summed E-state index contributed by atoms with van der Waals surface area (Å²) in [5, 5.41) is 3.15. The summed E-state index contributed by atoms with van der Waals surface area (Å²) < 4.78 is 4.79. The summed E-state index contributed by atoms with van der Waals surface area (Å²) in [5.74, 6) is -1.83. The van der Waals surface area contributed by atoms with Crippen LogP contribution in [0.4, 0.5) is 5.00 Å². The highest BCUT2D eigenvalue weighted by Gasteiger charge is 2.46. The van der Waals surface area contributed by atoms with E-state index in [1.54, 1.807) is 6.92 Å². The van der Waals surface area contributed by atoms with Crippen LogP contribution in [0.2, 0.25) is 0 Å². The van der Waals surface area contributed by atoms with E-state index in [9.17, 15) is 19.2 Å². The highest BCUT2D eigenvalue weighted by molar-refractivity contribution is 7.16. The lowest BCUT2D eigenvalue weighted by Gasteiger charge is -2.14. The van der Waals surface area contributed by atoms with Crippen molar-refractivity contribution in [2.24, 2.45) is 11.8 Å². The number of hydrogen-bond acceptors (Lipinski definition) is 6. The van der Waals surface area contributed by atoms with Crippen LogP contribution in [0.3, 0.4) is 0 Å². The van der Waals surface area contributed by atoms with E-state index in [0.717, 1.165) is 10.4 Å². The number of likely N-dealkylation sites (tertiary alicyclic amines) is 1. The molecule has 7 nitrogen and oxygen atoms in total. The highest BCUT2D eigenvalue weighted by atomic mass is 32.1. The molecular weight excluding hydrogens is 368 g/mol. The molecule has 0 radical (unpaired) electrons. The second kappa shape index (κ2) is 7.64. The van der Waals surface area contributed by atoms with E-state index in [2.05, 4.69) is 5.32 Å². The molecule has 27 heavy (non-hydrogen) atoms. The summed E-state index contributed by atoms with van der Waals surface area (Å²) in [6, 6.07) is 0. The van der Waals surface area contributed by atoms with Crippen molar-refractivity contribution >= 4 is 40.0 Å². The third-order valence-corrected chi connectivity index (χ3v) is 6.31. The number of rotatable bonds is 5. The van der Waals surface area contributed by atoms with Crippen molar-refractivity contribution in [3.8, 4) is 0 Å². The first-order valence-electron chi connectivity index (χ1n) is 8.83. The molecule has 0 unspecified atom stereocenters. The van der Waals surface area contributed by atoms with Gasteiger partial charge in [0.15, 0.2) is 0 Å². The fourth-order valence-electron chi connectivity index (χ4n) is 3.55. The van der Waals surface area contributed by atoms with E-state index < -0.39 is 5.97 Å². The van der Waals surface area contributed by atoms with Gasteiger partial charge in [-0.2, -0.15) is 0 Å². The predicted molar refractivity (Wildman–Crippen MR) is 100 cm³/mol. The molecule has 1 fully saturated rings. The zero-order chi connectivity index (χ0) is 19.7. The van der Waals surface area contributed by atoms with Gasteiger partial charge >= 0.3 is 5.97 Å². The Morgan fingerprint density at radius 1 is 1.19 bits per heavy atom. The van der Waals surface area contributed by atoms with Crippen molar-refractivity contribution in [3.63, 3.8) is 0 Å². The van der Waals surface area contributed by atoms with Crippen molar-refractivity contribution in [1.29, 1.82) is 0 Å². The quantitative estimate of drug-likeness (QED) is 0.474. The number of methoxy groups -OCH3 is 1. The van der Waals surface area contributed by atoms with Crippen LogP contribution in [0, 0.1) is 25.7 Å². The average Bonchev–Trinajstić information content (AvgIpc) is 3.07. The van der Waals surface area contributed by atoms with Crippen molar-refractivity contribution in [3.05, 3.63) is 28.2 Å². The molecule has 0 bridgehead atoms. The maximum absolute atomic E-state index is 12.4. The van der Waals surface area contributed by atoms with Gasteiger partial charge in [-0.15, -0.1) is 11.3 Å². The van der Waals surface area contributed by atoms with Crippen molar-refractivity contribution in [2.75, 3.05) is 19.0 Å². The molecule has 2 atom stereocenters. The number of imide groups is 1. The fourth-order valence-corrected chi connectivity index (χ4v) is 4.62. The smallest absolute Gasteiger partial charge is 0.341 e. The minimum atomic E-state index is -0.506. The van der Waals surface area contributed by atoms with E-state index in [-0.39, 0.29) is 42.5 Å². The van der Waals surface area contributed by atoms with Gasteiger partial charge in [0, 0.05) is 17.8 Å². The number of nitrogens with one attached hydrogen (secondary N) is 1. The van der Waals surface area contributed by atoms with E-state index in [1.165, 1.54) is 23.3 Å². The monoisotopic (exact) mass is 390 g/mol. The number of carbonyl (C=O) groups excluding carboxylic acids is 4. The Kier molecular flexibility index (Phi) is 5.46. The van der Waals surface area contributed by atoms with Gasteiger partial charge in [-0.3, -0.25) is 19.3 Å². The summed E-state index contributed by atoms with van der Waals surface area (Å²) in [7, 11) is 1.29. The van der Waals surface area contributed by atoms with Crippen molar-refractivity contribution in [1.82, 2.24) is 4.90 Å². The number of aryl methyl sites for hydroxylation is 1. The number of hydrogen-bond donors (Lipinski definition) is 1. The third kappa shape index (κ3) is 3.53. The lowest BCUT2D eigenvalue weighted by Crippen LogP contribution is -2.34. The number of allylic oxidation sites excluding steroid dienone is 2. The van der Waals surface area contributed by atoms with Crippen LogP contribution in [0.15, 0.2) is 12.2 Å². The molecule has 2 aliphatic rings. The van der Waals surface area contributed by atoms with Crippen LogP contribution < -0.4 is 5.32 Å². The molecule has 0 aromatic carbocycles. The standard InChI is InChI=1S/C19H22N2O5S/c1-10-11(2)27-16(15(10)19(25)26-3)20-14(22)8-9-21-17(23)12-6-4-5-7-13(12)18(21)24/h4-5,12-13H,6-9H2,1-3H3,(H,20,22)/t12-,13-/m0/s1. The first-order chi connectivity index (χ1) is 12.8. The van der Waals surface area contributed by atoms with Gasteiger partial charge in [0.25, 0.3) is 0 Å². The van der Waals surface area contributed by atoms with Crippen LogP contribution in [0.25, 0.3) is 0 Å². The number of carbonyl (C=O) groups is 4. The molecule has 3 amide bonds. The van der Waals surface area contributed by atoms with Crippen LogP contribution in [0.1, 0.15) is 40.1 Å². The Morgan fingerprint density at radius 2 is 1.78 bits per heavy atom. The summed E-state index contributed by atoms with van der Waals surface area (Å²) in [6.07, 6.45) is 5.00. The zero-order valence-corrected chi connectivity index (χ0v) is 16.4. The average molecular weight is 390 g/mol. The molecule has 1 aliphatic heterocycles. The Hall–Kier alpha value is -2.48. The molecule has 144 valence electrons. The second-order valence-electron chi connectivity index (χ2n) is 6.76. The van der Waals surface area contributed by atoms with Gasteiger partial charge in [-0.05, 0) is 32.3 Å². The first kappa shape index (κ1) is 19.3. The van der Waals surface area contributed by atoms with Crippen molar-refractivity contribution in [2.45, 2.75) is 33.1 Å². The number of nitrogens with zero attached hydrogens (tertiary/aromatic N) is 1. The summed E-state index contributed by atoms with van der Waals surface area (Å²) in [4.78, 5) is 51.3. The molecule has 1 aliphatic carbocycles. The van der Waals surface area contributed by atoms with Crippen LogP contribution in [-0.2, 0) is 19.1 Å². The lowest BCUT2D eigenvalue weighted by atomic mass is 9.85. The van der Waals surface area contributed by atoms with Gasteiger partial charge in [-0.1, -0.05) is 12.2 Å². The number of thiophene rings is 1. The van der Waals surface area contributed by atoms with E-state index in [1.807, 2.05) is 19.1 Å². The van der Waals surface area contributed by atoms with Crippen LogP contribution >= 0.6 is 11.3 Å². The minimum Gasteiger partial charge on any atom is -0.465 e. The molecule has 3 rings (SSSR count). The number of fused-ring (bicyclic) bond motifs is 1. The molecule has 0 saturated carbocycles. The second-order valence-corrected chi connectivity index (χ2v) is 7.99. The lowest BCUT2D eigenvalue weighted by molar-refractivity contribution is -0.140. The molecular formula is C19H22N2O5S. The van der Waals surface area contributed by atoms with Gasteiger partial charge in [0.1, 0.15) is 5.00 Å². The zero-order valence-electron chi connectivity index (χ0n) is 15.5. The normalized spacial score (nSPS) is 21.4. The minimum absolute atomic E-state index is 0.0129. The number of esters is 1. The number of ether oxygens (including phenoxy) is 1. The SMILES string of the molecule is COC(=O)c1c(NC(=O)CCN2C(=O)[C@H]3CC=CC[C@@H]3C2=O)sc(C)c1C. The Balaban J connectivity index is 1.64. The summed E-state index contributed by atoms with van der Waals surface area (Å²) in [6.45, 7) is 3.71. The van der Waals surface area contributed by atoms with Gasteiger partial charge in [0.05, 0.1) is 24.5 Å². The van der Waals surface area contributed by atoms with Crippen LogP contribution in [-0.4, -0.2) is 42.2 Å². The van der Waals surface area contributed by atoms with E-state index in [4.69, 9.17) is 4.74 Å². The fraction of sp³-hybridized carbons (Fsp3) is 0.474. The van der Waals surface area contributed by atoms with Gasteiger partial charge in [-0.25, -0.2) is 4.79 Å².